The molecule has 1 aliphatic heterocycles. The number of hydrogen-bond donors (Lipinski definition) is 1. The molecule has 2 heterocycles. The Morgan fingerprint density at radius 1 is 1.03 bits per heavy atom. The van der Waals surface area contributed by atoms with Crippen LogP contribution < -0.4 is 5.14 Å². The van der Waals surface area contributed by atoms with Crippen LogP contribution in [0, 0.1) is 0 Å². The molecule has 0 radical (unpaired) electrons. The molecule has 2 N–H and O–H groups in total. The molecule has 1 fully saturated rings. The Bertz CT molecular complexity index is 1170. The van der Waals surface area contributed by atoms with Crippen LogP contribution in [0.15, 0.2) is 59.5 Å². The summed E-state index contributed by atoms with van der Waals surface area (Å²) in [6.07, 6.45) is 0. The number of halogens is 1. The van der Waals surface area contributed by atoms with Gasteiger partial charge in [0.15, 0.2) is 5.69 Å². The average Bonchev–Trinajstić information content (AvgIpc) is 3.19. The van der Waals surface area contributed by atoms with E-state index in [2.05, 4.69) is 5.10 Å². The van der Waals surface area contributed by atoms with E-state index in [0.717, 1.165) is 17.1 Å². The van der Waals surface area contributed by atoms with E-state index in [4.69, 9.17) is 16.7 Å². The fraction of sp³-hybridized carbons (Fsp3) is 0.200. The first kappa shape index (κ1) is 20.9. The highest BCUT2D eigenvalue weighted by atomic mass is 35.5. The molecular formula is C20H19ClN4O3S2. The number of hydrogen-bond acceptors (Lipinski definition) is 5. The Hall–Kier alpha value is -2.33. The van der Waals surface area contributed by atoms with Crippen molar-refractivity contribution >= 4 is 39.3 Å². The molecule has 30 heavy (non-hydrogen) atoms. The largest absolute Gasteiger partial charge is 0.336 e. The van der Waals surface area contributed by atoms with Crippen molar-refractivity contribution in [1.82, 2.24) is 14.7 Å². The molecule has 10 heteroatoms. The highest BCUT2D eigenvalue weighted by molar-refractivity contribution is 7.99. The predicted molar refractivity (Wildman–Crippen MR) is 119 cm³/mol. The lowest BCUT2D eigenvalue weighted by molar-refractivity contribution is 0.0766. The number of nitrogens with two attached hydrogens (primary N) is 1. The molecule has 0 atom stereocenters. The van der Waals surface area contributed by atoms with Crippen molar-refractivity contribution in [3.63, 3.8) is 0 Å². The third kappa shape index (κ3) is 4.39. The summed E-state index contributed by atoms with van der Waals surface area (Å²) in [5, 5.41) is 10.3. The minimum atomic E-state index is -3.80. The van der Waals surface area contributed by atoms with Gasteiger partial charge >= 0.3 is 0 Å². The Labute approximate surface area is 183 Å². The number of amides is 1. The van der Waals surface area contributed by atoms with Crippen LogP contribution in [0.2, 0.25) is 5.02 Å². The maximum atomic E-state index is 13.0. The second kappa shape index (κ2) is 8.43. The fourth-order valence-corrected chi connectivity index (χ4v) is 4.76. The van der Waals surface area contributed by atoms with E-state index >= 15 is 0 Å². The number of nitrogens with zero attached hydrogens (tertiary/aromatic N) is 3. The predicted octanol–water partition coefficient (Wildman–Crippen LogP) is 3.03. The number of thioether (sulfide) groups is 1. The molecule has 4 rings (SSSR count). The molecule has 1 aliphatic rings. The van der Waals surface area contributed by atoms with Gasteiger partial charge in [0.2, 0.25) is 10.0 Å². The number of sulfonamides is 1. The van der Waals surface area contributed by atoms with Gasteiger partial charge in [0.05, 0.1) is 16.3 Å². The first-order valence-corrected chi connectivity index (χ1v) is 12.3. The van der Waals surface area contributed by atoms with Crippen LogP contribution in [0.5, 0.6) is 0 Å². The molecule has 0 bridgehead atoms. The van der Waals surface area contributed by atoms with Gasteiger partial charge in [0.1, 0.15) is 0 Å². The summed E-state index contributed by atoms with van der Waals surface area (Å²) in [6.45, 7) is 1.38. The monoisotopic (exact) mass is 462 g/mol. The Morgan fingerprint density at radius 2 is 1.67 bits per heavy atom. The molecule has 1 saturated heterocycles. The summed E-state index contributed by atoms with van der Waals surface area (Å²) in [5.74, 6) is 1.70. The lowest BCUT2D eigenvalue weighted by atomic mass is 10.1. The standard InChI is InChI=1S/C20H19ClN4O3S2/c21-15-3-1-14(2-4-15)19-13-18(20(26)24-9-11-29-12-10-24)23-25(19)16-5-7-17(8-6-16)30(22,27)28/h1-8,13H,9-12H2,(H2,22,27,28). The van der Waals surface area contributed by atoms with Gasteiger partial charge in [-0.05, 0) is 42.5 Å². The first-order valence-electron chi connectivity index (χ1n) is 9.19. The van der Waals surface area contributed by atoms with Crippen LogP contribution in [0.3, 0.4) is 0 Å². The van der Waals surface area contributed by atoms with Gasteiger partial charge in [0.25, 0.3) is 5.91 Å². The van der Waals surface area contributed by atoms with Crippen LogP contribution in [0.4, 0.5) is 0 Å². The maximum absolute atomic E-state index is 13.0. The quantitative estimate of drug-likeness (QED) is 0.642. The summed E-state index contributed by atoms with van der Waals surface area (Å²) in [7, 11) is -3.80. The molecule has 1 amide bonds. The molecule has 0 saturated carbocycles. The number of rotatable bonds is 4. The zero-order valence-corrected chi connectivity index (χ0v) is 18.3. The Morgan fingerprint density at radius 3 is 2.27 bits per heavy atom. The smallest absolute Gasteiger partial charge is 0.274 e. The average molecular weight is 463 g/mol. The minimum Gasteiger partial charge on any atom is -0.336 e. The summed E-state index contributed by atoms with van der Waals surface area (Å²) in [5.41, 5.74) is 2.48. The van der Waals surface area contributed by atoms with Crippen molar-refractivity contribution in [3.05, 3.63) is 65.3 Å². The molecule has 3 aromatic rings. The van der Waals surface area contributed by atoms with Crippen molar-refractivity contribution < 1.29 is 13.2 Å². The lowest BCUT2D eigenvalue weighted by Gasteiger charge is -2.25. The second-order valence-corrected chi connectivity index (χ2v) is 10.00. The number of carbonyl (C=O) groups is 1. The van der Waals surface area contributed by atoms with Crippen LogP contribution in [0.25, 0.3) is 16.9 Å². The SMILES string of the molecule is NS(=O)(=O)c1ccc(-n2nc(C(=O)N3CCSCC3)cc2-c2ccc(Cl)cc2)cc1. The van der Waals surface area contributed by atoms with E-state index in [1.165, 1.54) is 12.1 Å². The third-order valence-corrected chi connectivity index (χ3v) is 6.90. The normalized spacial score (nSPS) is 14.7. The fourth-order valence-electron chi connectivity index (χ4n) is 3.21. The van der Waals surface area contributed by atoms with Crippen molar-refractivity contribution in [1.29, 1.82) is 0 Å². The lowest BCUT2D eigenvalue weighted by Crippen LogP contribution is -2.38. The van der Waals surface area contributed by atoms with Crippen molar-refractivity contribution in [2.24, 2.45) is 5.14 Å². The van der Waals surface area contributed by atoms with Gasteiger partial charge in [0, 0.05) is 35.2 Å². The van der Waals surface area contributed by atoms with Crippen molar-refractivity contribution in [2.45, 2.75) is 4.90 Å². The van der Waals surface area contributed by atoms with E-state index in [1.54, 1.807) is 39.9 Å². The topological polar surface area (TPSA) is 98.3 Å². The molecule has 7 nitrogen and oxygen atoms in total. The van der Waals surface area contributed by atoms with Gasteiger partial charge in [-0.2, -0.15) is 16.9 Å². The molecule has 0 unspecified atom stereocenters. The zero-order chi connectivity index (χ0) is 21.3. The van der Waals surface area contributed by atoms with Crippen LogP contribution in [-0.4, -0.2) is 53.6 Å². The number of benzene rings is 2. The summed E-state index contributed by atoms with van der Waals surface area (Å²) < 4.78 is 24.7. The molecule has 0 aliphatic carbocycles. The van der Waals surface area contributed by atoms with E-state index in [9.17, 15) is 13.2 Å². The number of aromatic nitrogens is 2. The van der Waals surface area contributed by atoms with Gasteiger partial charge in [-0.3, -0.25) is 4.79 Å². The van der Waals surface area contributed by atoms with Crippen LogP contribution in [0.1, 0.15) is 10.5 Å². The van der Waals surface area contributed by atoms with Crippen LogP contribution in [-0.2, 0) is 10.0 Å². The van der Waals surface area contributed by atoms with E-state index < -0.39 is 10.0 Å². The first-order chi connectivity index (χ1) is 14.3. The molecule has 0 spiro atoms. The highest BCUT2D eigenvalue weighted by Crippen LogP contribution is 2.27. The number of primary sulfonamides is 1. The van der Waals surface area contributed by atoms with E-state index in [0.29, 0.717) is 35.2 Å². The highest BCUT2D eigenvalue weighted by Gasteiger charge is 2.23. The van der Waals surface area contributed by atoms with E-state index in [1.807, 2.05) is 23.9 Å². The van der Waals surface area contributed by atoms with Gasteiger partial charge in [-0.15, -0.1) is 0 Å². The molecule has 1 aromatic heterocycles. The molecule has 156 valence electrons. The Balaban J connectivity index is 1.78. The maximum Gasteiger partial charge on any atom is 0.274 e. The van der Waals surface area contributed by atoms with Crippen LogP contribution >= 0.6 is 23.4 Å². The van der Waals surface area contributed by atoms with Crippen molar-refractivity contribution in [3.8, 4) is 16.9 Å². The summed E-state index contributed by atoms with van der Waals surface area (Å²) >= 11 is 7.85. The van der Waals surface area contributed by atoms with E-state index in [-0.39, 0.29) is 10.8 Å². The number of carbonyl (C=O) groups excluding carboxylic acids is 1. The molecular weight excluding hydrogens is 444 g/mol. The van der Waals surface area contributed by atoms with Gasteiger partial charge in [-0.25, -0.2) is 18.2 Å². The Kier molecular flexibility index (Phi) is 5.88. The summed E-state index contributed by atoms with van der Waals surface area (Å²) in [4.78, 5) is 14.8. The zero-order valence-electron chi connectivity index (χ0n) is 15.9. The van der Waals surface area contributed by atoms with Gasteiger partial charge in [-0.1, -0.05) is 23.7 Å². The third-order valence-electron chi connectivity index (χ3n) is 4.78. The molecule has 2 aromatic carbocycles. The second-order valence-electron chi connectivity index (χ2n) is 6.78. The minimum absolute atomic E-state index is 0.00793. The van der Waals surface area contributed by atoms with Gasteiger partial charge < -0.3 is 4.90 Å². The summed E-state index contributed by atoms with van der Waals surface area (Å²) in [6, 6.07) is 15.0. The van der Waals surface area contributed by atoms with Crippen molar-refractivity contribution in [2.75, 3.05) is 24.6 Å².